The third-order valence-electron chi connectivity index (χ3n) is 12.8. The van der Waals surface area contributed by atoms with Crippen LogP contribution in [0.4, 0.5) is 0 Å². The normalized spacial score (nSPS) is 29.5. The molecule has 8 unspecified atom stereocenters. The number of rotatable bonds is 11. The summed E-state index contributed by atoms with van der Waals surface area (Å²) in [7, 11) is 3.01. The summed E-state index contributed by atoms with van der Waals surface area (Å²) in [5.74, 6) is -1.27. The van der Waals surface area contributed by atoms with E-state index < -0.39 is 68.3 Å². The molecule has 7 aliphatic rings. The first-order valence-corrected chi connectivity index (χ1v) is 19.8. The minimum absolute atomic E-state index is 0.0275. The molecule has 2 aliphatic heterocycles. The van der Waals surface area contributed by atoms with Crippen molar-refractivity contribution in [3.63, 3.8) is 0 Å². The fourth-order valence-electron chi connectivity index (χ4n) is 10.0. The number of hydrogen-bond donors (Lipinski definition) is 6. The predicted molar refractivity (Wildman–Crippen MR) is 208 cm³/mol. The number of aliphatic hydroxyl groups excluding tert-OH is 6. The molecule has 1 saturated carbocycles. The number of carbonyl (C=O) groups is 2. The van der Waals surface area contributed by atoms with E-state index in [0.29, 0.717) is 91.6 Å². The molecule has 2 aromatic rings. The number of carbonyl (C=O) groups excluding carboxylic acids is 2. The monoisotopic (exact) mass is 794 g/mol. The van der Waals surface area contributed by atoms with Crippen LogP contribution in [0, 0.1) is 11.8 Å². The molecule has 0 radical (unpaired) electrons. The van der Waals surface area contributed by atoms with Gasteiger partial charge in [0.1, 0.15) is 35.7 Å². The molecule has 0 saturated heterocycles. The number of Topliss-reactive ketones (excluding diaryl/α,β-unsaturated/α-hetero) is 2. The van der Waals surface area contributed by atoms with Gasteiger partial charge in [-0.25, -0.2) is 0 Å². The Balaban J connectivity index is 1.39. The lowest BCUT2D eigenvalue weighted by Gasteiger charge is -2.42. The molecular formula is C45H46O13. The van der Waals surface area contributed by atoms with Crippen molar-refractivity contribution in [3.8, 4) is 11.5 Å². The molecule has 2 aromatic carbocycles. The molecule has 304 valence electrons. The van der Waals surface area contributed by atoms with Gasteiger partial charge >= 0.3 is 0 Å². The topological polar surface area (TPSA) is 202 Å². The number of hydrogen-bond acceptors (Lipinski definition) is 13. The van der Waals surface area contributed by atoms with E-state index in [1.54, 1.807) is 18.2 Å². The average Bonchev–Trinajstić information content (AvgIpc) is 3.25. The quantitative estimate of drug-likeness (QED) is 0.180. The number of allylic oxidation sites excluding steroid dienone is 8. The van der Waals surface area contributed by atoms with Gasteiger partial charge in [-0.05, 0) is 101 Å². The van der Waals surface area contributed by atoms with E-state index in [2.05, 4.69) is 0 Å². The molecule has 13 heteroatoms. The Labute approximate surface area is 333 Å². The summed E-state index contributed by atoms with van der Waals surface area (Å²) in [5.41, 5.74) is 3.73. The van der Waals surface area contributed by atoms with Gasteiger partial charge in [-0.15, -0.1) is 0 Å². The van der Waals surface area contributed by atoms with Crippen LogP contribution in [0.5, 0.6) is 11.5 Å². The zero-order chi connectivity index (χ0) is 40.6. The minimum atomic E-state index is -1.60. The van der Waals surface area contributed by atoms with Crippen LogP contribution in [0.1, 0.15) is 55.6 Å². The number of ether oxygens (including phenoxy) is 5. The molecule has 6 N–H and O–H groups in total. The minimum Gasteiger partial charge on any atom is -0.497 e. The molecule has 8 atom stereocenters. The van der Waals surface area contributed by atoms with E-state index in [4.69, 9.17) is 23.7 Å². The SMILES string of the molecule is COc1cc2c3c4c(c(CO)c(OC5OC(CO)=CC(O)C5O)c3c1)=C(CO)C1=C3C(=C(C(=O)C5CCC(O)C(OC)C5)C=C(C=2C(=O)C2C=CCCC2)C34)C=CO1. The lowest BCUT2D eigenvalue weighted by molar-refractivity contribution is -0.163. The van der Waals surface area contributed by atoms with Crippen LogP contribution >= 0.6 is 0 Å². The van der Waals surface area contributed by atoms with Gasteiger partial charge in [0, 0.05) is 58.1 Å². The molecule has 0 bridgehead atoms. The van der Waals surface area contributed by atoms with E-state index >= 15 is 4.79 Å². The highest BCUT2D eigenvalue weighted by molar-refractivity contribution is 6.26. The van der Waals surface area contributed by atoms with E-state index in [1.165, 1.54) is 26.6 Å². The number of benzene rings is 2. The van der Waals surface area contributed by atoms with Crippen molar-refractivity contribution in [1.29, 1.82) is 0 Å². The molecule has 1 fully saturated rings. The molecule has 0 aromatic heterocycles. The molecular weight excluding hydrogens is 748 g/mol. The summed E-state index contributed by atoms with van der Waals surface area (Å²) in [6, 6.07) is 3.48. The maximum Gasteiger partial charge on any atom is 0.269 e. The highest BCUT2D eigenvalue weighted by Crippen LogP contribution is 2.55. The van der Waals surface area contributed by atoms with Crippen molar-refractivity contribution in [2.75, 3.05) is 27.4 Å². The second-order valence-corrected chi connectivity index (χ2v) is 15.8. The van der Waals surface area contributed by atoms with Crippen LogP contribution in [-0.2, 0) is 30.4 Å². The third-order valence-corrected chi connectivity index (χ3v) is 12.8. The fraction of sp³-hybridized carbons (Fsp3) is 0.422. The van der Waals surface area contributed by atoms with Gasteiger partial charge in [0.2, 0.25) is 0 Å². The van der Waals surface area contributed by atoms with Crippen molar-refractivity contribution < 1.29 is 63.9 Å². The standard InChI is InChI=1S/C45H46O13/c1-54-22-13-26-34-28(14-22)43(58-45-42(53)32(50)15-23(17-46)57-45)29(18-47)35-30(19-48)44-38-24(10-11-56-44)25(40(51)21-8-9-31(49)33(12-21)55-2)16-27(37(38)39(34)35)36(26)41(52)20-6-4-3-5-7-20/h4,6,10-11,13-16,20-21,31-33,37,42,45-50,53H,3,5,7-9,12,17-19H2,1-2H3. The number of aliphatic hydroxyl groups is 6. The second kappa shape index (κ2) is 15.1. The largest absolute Gasteiger partial charge is 0.497 e. The van der Waals surface area contributed by atoms with Crippen LogP contribution in [0.2, 0.25) is 0 Å². The number of ketones is 2. The average molecular weight is 795 g/mol. The van der Waals surface area contributed by atoms with Crippen LogP contribution in [0.25, 0.3) is 21.9 Å². The summed E-state index contributed by atoms with van der Waals surface area (Å²) in [4.78, 5) is 30.0. The Morgan fingerprint density at radius 3 is 2.52 bits per heavy atom. The summed E-state index contributed by atoms with van der Waals surface area (Å²) in [6.45, 7) is -1.75. The van der Waals surface area contributed by atoms with Gasteiger partial charge < -0.3 is 54.3 Å². The fourth-order valence-corrected chi connectivity index (χ4v) is 10.0. The first-order valence-electron chi connectivity index (χ1n) is 19.8. The van der Waals surface area contributed by atoms with Gasteiger partial charge in [-0.1, -0.05) is 12.2 Å². The van der Waals surface area contributed by atoms with E-state index in [9.17, 15) is 35.4 Å². The van der Waals surface area contributed by atoms with Crippen LogP contribution in [-0.4, -0.2) is 100 Å². The molecule has 9 rings (SSSR count). The number of methoxy groups -OCH3 is 2. The summed E-state index contributed by atoms with van der Waals surface area (Å²) in [6.07, 6.45) is 7.81. The second-order valence-electron chi connectivity index (χ2n) is 15.8. The molecule has 0 spiro atoms. The lowest BCUT2D eigenvalue weighted by atomic mass is 9.62. The van der Waals surface area contributed by atoms with E-state index in [0.717, 1.165) is 12.8 Å². The predicted octanol–water partition coefficient (Wildman–Crippen LogP) is 1.78. The highest BCUT2D eigenvalue weighted by atomic mass is 16.7. The summed E-state index contributed by atoms with van der Waals surface area (Å²) in [5, 5.41) is 66.7. The Morgan fingerprint density at radius 1 is 0.983 bits per heavy atom. The van der Waals surface area contributed by atoms with Crippen LogP contribution in [0.15, 0.2) is 82.6 Å². The van der Waals surface area contributed by atoms with Gasteiger partial charge in [-0.3, -0.25) is 9.59 Å². The van der Waals surface area contributed by atoms with Crippen molar-refractivity contribution in [2.45, 2.75) is 81.8 Å². The molecule has 2 heterocycles. The first kappa shape index (κ1) is 38.6. The maximum atomic E-state index is 15.2. The van der Waals surface area contributed by atoms with Gasteiger partial charge in [0.25, 0.3) is 6.29 Å². The van der Waals surface area contributed by atoms with Crippen LogP contribution < -0.4 is 19.9 Å². The highest BCUT2D eigenvalue weighted by Gasteiger charge is 2.47. The van der Waals surface area contributed by atoms with Gasteiger partial charge in [0.15, 0.2) is 17.7 Å². The van der Waals surface area contributed by atoms with Crippen LogP contribution in [0.3, 0.4) is 0 Å². The van der Waals surface area contributed by atoms with E-state index in [1.807, 2.05) is 18.2 Å². The lowest BCUT2D eigenvalue weighted by Crippen LogP contribution is -2.46. The summed E-state index contributed by atoms with van der Waals surface area (Å²) >= 11 is 0. The van der Waals surface area contributed by atoms with Crippen molar-refractivity contribution in [1.82, 2.24) is 0 Å². The van der Waals surface area contributed by atoms with Crippen molar-refractivity contribution in [2.24, 2.45) is 11.8 Å². The Bertz CT molecular complexity index is 2450. The Kier molecular flexibility index (Phi) is 10.0. The summed E-state index contributed by atoms with van der Waals surface area (Å²) < 4.78 is 29.9. The first-order chi connectivity index (χ1) is 28.1. The Morgan fingerprint density at radius 2 is 1.81 bits per heavy atom. The molecule has 58 heavy (non-hydrogen) atoms. The van der Waals surface area contributed by atoms with Crippen molar-refractivity contribution >= 4 is 33.5 Å². The smallest absolute Gasteiger partial charge is 0.269 e. The zero-order valence-corrected chi connectivity index (χ0v) is 32.1. The zero-order valence-electron chi connectivity index (χ0n) is 32.1. The van der Waals surface area contributed by atoms with E-state index in [-0.39, 0.29) is 34.4 Å². The molecule has 0 amide bonds. The maximum absolute atomic E-state index is 15.2. The Hall–Kier alpha value is -4.86. The third kappa shape index (κ3) is 5.86. The molecule has 13 nitrogen and oxygen atoms in total. The molecule has 5 aliphatic carbocycles. The van der Waals surface area contributed by atoms with Gasteiger partial charge in [0.05, 0.1) is 38.8 Å². The van der Waals surface area contributed by atoms with Gasteiger partial charge in [-0.2, -0.15) is 0 Å². The van der Waals surface area contributed by atoms with Crippen molar-refractivity contribution in [3.05, 3.63) is 104 Å².